The smallest absolute Gasteiger partial charge is 0.149 e. The zero-order valence-electron chi connectivity index (χ0n) is 10.4. The molecule has 1 aromatic heterocycles. The summed E-state index contributed by atoms with van der Waals surface area (Å²) in [5.41, 5.74) is 3.57. The van der Waals surface area contributed by atoms with Crippen molar-refractivity contribution in [3.05, 3.63) is 48.2 Å². The Balaban J connectivity index is 2.33. The van der Waals surface area contributed by atoms with Gasteiger partial charge in [-0.25, -0.2) is 0 Å². The van der Waals surface area contributed by atoms with Gasteiger partial charge >= 0.3 is 0 Å². The summed E-state index contributed by atoms with van der Waals surface area (Å²) < 4.78 is 1.73. The molecule has 0 amide bonds. The number of nitrogens with zero attached hydrogens (tertiary/aromatic N) is 2. The van der Waals surface area contributed by atoms with E-state index in [0.717, 1.165) is 27.7 Å². The van der Waals surface area contributed by atoms with Crippen molar-refractivity contribution in [2.75, 3.05) is 0 Å². The average molecular weight is 238 g/mol. The van der Waals surface area contributed by atoms with Crippen LogP contribution in [-0.4, -0.2) is 14.9 Å². The van der Waals surface area contributed by atoms with Gasteiger partial charge < -0.3 is 5.11 Å². The molecule has 0 spiro atoms. The fourth-order valence-electron chi connectivity index (χ4n) is 2.38. The van der Waals surface area contributed by atoms with E-state index in [1.54, 1.807) is 4.68 Å². The predicted octanol–water partition coefficient (Wildman–Crippen LogP) is 3.25. The summed E-state index contributed by atoms with van der Waals surface area (Å²) in [7, 11) is 1.85. The molecule has 90 valence electrons. The van der Waals surface area contributed by atoms with Crippen LogP contribution in [0.3, 0.4) is 0 Å². The van der Waals surface area contributed by atoms with Crippen molar-refractivity contribution in [2.45, 2.75) is 6.92 Å². The fraction of sp³-hybridized carbons (Fsp3) is 0.133. The molecule has 0 bridgehead atoms. The summed E-state index contributed by atoms with van der Waals surface area (Å²) in [6.07, 6.45) is 0. The molecular formula is C15H14N2O. The van der Waals surface area contributed by atoms with Gasteiger partial charge in [0.05, 0.1) is 5.69 Å². The third-order valence-corrected chi connectivity index (χ3v) is 3.25. The van der Waals surface area contributed by atoms with E-state index in [0.29, 0.717) is 5.75 Å². The van der Waals surface area contributed by atoms with E-state index in [-0.39, 0.29) is 0 Å². The van der Waals surface area contributed by atoms with Crippen LogP contribution < -0.4 is 0 Å². The number of phenolic OH excluding ortho intramolecular Hbond substituents is 1. The largest absolute Gasteiger partial charge is 0.505 e. The monoisotopic (exact) mass is 238 g/mol. The summed E-state index contributed by atoms with van der Waals surface area (Å²) in [6, 6.07) is 13.8. The fourth-order valence-corrected chi connectivity index (χ4v) is 2.38. The maximum Gasteiger partial charge on any atom is 0.149 e. The van der Waals surface area contributed by atoms with Crippen molar-refractivity contribution in [3.63, 3.8) is 0 Å². The molecule has 0 aliphatic carbocycles. The summed E-state index contributed by atoms with van der Waals surface area (Å²) in [6.45, 7) is 1.95. The minimum atomic E-state index is 0.293. The van der Waals surface area contributed by atoms with Crippen LogP contribution in [0.5, 0.6) is 5.75 Å². The Morgan fingerprint density at radius 2 is 1.78 bits per heavy atom. The highest BCUT2D eigenvalue weighted by atomic mass is 16.3. The highest BCUT2D eigenvalue weighted by molar-refractivity contribution is 5.93. The van der Waals surface area contributed by atoms with Gasteiger partial charge in [0.2, 0.25) is 0 Å². The summed E-state index contributed by atoms with van der Waals surface area (Å²) in [5, 5.41) is 15.8. The van der Waals surface area contributed by atoms with E-state index < -0.39 is 0 Å². The average Bonchev–Trinajstić information content (AvgIpc) is 2.67. The number of aromatic nitrogens is 2. The number of hydrogen-bond donors (Lipinski definition) is 1. The Kier molecular flexibility index (Phi) is 2.33. The Hall–Kier alpha value is -2.29. The molecular weight excluding hydrogens is 224 g/mol. The van der Waals surface area contributed by atoms with Gasteiger partial charge in [-0.3, -0.25) is 4.68 Å². The molecule has 0 aliphatic heterocycles. The van der Waals surface area contributed by atoms with Crippen molar-refractivity contribution in [1.29, 1.82) is 0 Å². The van der Waals surface area contributed by atoms with Crippen LogP contribution in [0, 0.1) is 6.92 Å². The van der Waals surface area contributed by atoms with E-state index in [4.69, 9.17) is 0 Å². The van der Waals surface area contributed by atoms with Crippen LogP contribution in [0.25, 0.3) is 22.0 Å². The summed E-state index contributed by atoms with van der Waals surface area (Å²) in [5.74, 6) is 0.293. The third-order valence-electron chi connectivity index (χ3n) is 3.25. The number of hydrogen-bond acceptors (Lipinski definition) is 2. The molecule has 0 atom stereocenters. The van der Waals surface area contributed by atoms with Gasteiger partial charge in [0.1, 0.15) is 11.3 Å². The molecule has 0 radical (unpaired) electrons. The Morgan fingerprint density at radius 3 is 2.50 bits per heavy atom. The standard InChI is InChI=1S/C15H14N2O/c1-10-12-8-9-13(11-6-4-3-5-7-11)15(18)14(12)17(2)16-10/h3-9,18H,1-2H3. The molecule has 18 heavy (non-hydrogen) atoms. The highest BCUT2D eigenvalue weighted by Gasteiger charge is 2.13. The van der Waals surface area contributed by atoms with E-state index in [9.17, 15) is 5.11 Å². The number of fused-ring (bicyclic) bond motifs is 1. The second-order valence-corrected chi connectivity index (χ2v) is 4.43. The lowest BCUT2D eigenvalue weighted by atomic mass is 10.0. The molecule has 0 saturated heterocycles. The maximum atomic E-state index is 10.4. The lowest BCUT2D eigenvalue weighted by molar-refractivity contribution is 0.479. The lowest BCUT2D eigenvalue weighted by Gasteiger charge is -2.06. The van der Waals surface area contributed by atoms with Gasteiger partial charge in [-0.05, 0) is 18.6 Å². The van der Waals surface area contributed by atoms with Crippen LogP contribution >= 0.6 is 0 Å². The molecule has 0 aliphatic rings. The highest BCUT2D eigenvalue weighted by Crippen LogP contribution is 2.36. The zero-order valence-corrected chi connectivity index (χ0v) is 10.4. The van der Waals surface area contributed by atoms with Gasteiger partial charge in [0, 0.05) is 18.0 Å². The second-order valence-electron chi connectivity index (χ2n) is 4.43. The summed E-state index contributed by atoms with van der Waals surface area (Å²) >= 11 is 0. The van der Waals surface area contributed by atoms with Crippen molar-refractivity contribution in [3.8, 4) is 16.9 Å². The van der Waals surface area contributed by atoms with E-state index >= 15 is 0 Å². The van der Waals surface area contributed by atoms with Gasteiger partial charge in [-0.15, -0.1) is 0 Å². The number of benzene rings is 2. The minimum absolute atomic E-state index is 0.293. The molecule has 3 aromatic rings. The lowest BCUT2D eigenvalue weighted by Crippen LogP contribution is -1.90. The second kappa shape index (κ2) is 3.88. The first kappa shape index (κ1) is 10.8. The molecule has 0 unspecified atom stereocenters. The molecule has 3 rings (SSSR count). The predicted molar refractivity (Wildman–Crippen MR) is 72.6 cm³/mol. The van der Waals surface area contributed by atoms with Crippen LogP contribution in [0.2, 0.25) is 0 Å². The van der Waals surface area contributed by atoms with Gasteiger partial charge in [-0.2, -0.15) is 5.10 Å². The molecule has 1 heterocycles. The Labute approximate surface area is 105 Å². The Morgan fingerprint density at radius 1 is 1.06 bits per heavy atom. The molecule has 0 saturated carbocycles. The van der Waals surface area contributed by atoms with Gasteiger partial charge in [0.15, 0.2) is 0 Å². The first-order chi connectivity index (χ1) is 8.68. The van der Waals surface area contributed by atoms with Crippen molar-refractivity contribution in [2.24, 2.45) is 7.05 Å². The maximum absolute atomic E-state index is 10.4. The van der Waals surface area contributed by atoms with Crippen LogP contribution in [0.1, 0.15) is 5.69 Å². The van der Waals surface area contributed by atoms with Crippen LogP contribution in [0.4, 0.5) is 0 Å². The first-order valence-electron chi connectivity index (χ1n) is 5.89. The van der Waals surface area contributed by atoms with Crippen LogP contribution in [0.15, 0.2) is 42.5 Å². The number of phenols is 1. The van der Waals surface area contributed by atoms with E-state index in [1.807, 2.05) is 56.4 Å². The van der Waals surface area contributed by atoms with Gasteiger partial charge in [-0.1, -0.05) is 36.4 Å². The molecule has 1 N–H and O–H groups in total. The quantitative estimate of drug-likeness (QED) is 0.706. The van der Waals surface area contributed by atoms with Crippen molar-refractivity contribution >= 4 is 10.9 Å². The first-order valence-corrected chi connectivity index (χ1v) is 5.89. The molecule has 3 nitrogen and oxygen atoms in total. The molecule has 2 aromatic carbocycles. The Bertz CT molecular complexity index is 714. The number of aromatic hydroxyl groups is 1. The number of aryl methyl sites for hydroxylation is 2. The zero-order chi connectivity index (χ0) is 12.7. The van der Waals surface area contributed by atoms with Crippen LogP contribution in [-0.2, 0) is 7.05 Å². The third kappa shape index (κ3) is 1.48. The SMILES string of the molecule is Cc1nn(C)c2c(O)c(-c3ccccc3)ccc12. The van der Waals surface area contributed by atoms with Gasteiger partial charge in [0.25, 0.3) is 0 Å². The molecule has 3 heteroatoms. The minimum Gasteiger partial charge on any atom is -0.505 e. The van der Waals surface area contributed by atoms with E-state index in [2.05, 4.69) is 5.10 Å². The molecule has 0 fully saturated rings. The normalized spacial score (nSPS) is 11.0. The van der Waals surface area contributed by atoms with Crippen molar-refractivity contribution < 1.29 is 5.11 Å². The van der Waals surface area contributed by atoms with E-state index in [1.165, 1.54) is 0 Å². The number of rotatable bonds is 1. The van der Waals surface area contributed by atoms with Crippen molar-refractivity contribution in [1.82, 2.24) is 9.78 Å². The topological polar surface area (TPSA) is 38.0 Å². The summed E-state index contributed by atoms with van der Waals surface area (Å²) in [4.78, 5) is 0.